The van der Waals surface area contributed by atoms with Gasteiger partial charge in [-0.1, -0.05) is 11.6 Å². The van der Waals surface area contributed by atoms with Crippen LogP contribution in [-0.4, -0.2) is 43.1 Å². The van der Waals surface area contributed by atoms with Crippen LogP contribution in [0.2, 0.25) is 5.02 Å². The summed E-state index contributed by atoms with van der Waals surface area (Å²) in [6, 6.07) is 8.19. The molecule has 2 aliphatic heterocycles. The van der Waals surface area contributed by atoms with E-state index in [0.717, 1.165) is 17.1 Å². The highest BCUT2D eigenvalue weighted by Crippen LogP contribution is 2.41. The number of rotatable bonds is 1. The Bertz CT molecular complexity index is 702. The summed E-state index contributed by atoms with van der Waals surface area (Å²) in [4.78, 5) is 9.52. The van der Waals surface area contributed by atoms with Crippen LogP contribution in [0.1, 0.15) is 19.3 Å². The van der Waals surface area contributed by atoms with Gasteiger partial charge in [0.15, 0.2) is 0 Å². The van der Waals surface area contributed by atoms with Crippen LogP contribution >= 0.6 is 11.6 Å². The summed E-state index contributed by atoms with van der Waals surface area (Å²) >= 11 is 6.10. The molecule has 1 unspecified atom stereocenters. The van der Waals surface area contributed by atoms with E-state index in [-0.39, 0.29) is 0 Å². The maximum absolute atomic E-state index is 6.10. The summed E-state index contributed by atoms with van der Waals surface area (Å²) in [7, 11) is 2.26. The van der Waals surface area contributed by atoms with Crippen LogP contribution in [0, 0.1) is 5.41 Å². The maximum atomic E-state index is 6.10. The smallest absolute Gasteiger partial charge is 0.0737 e. The lowest BCUT2D eigenvalue weighted by atomic mass is 9.79. The van der Waals surface area contributed by atoms with Crippen molar-refractivity contribution >= 4 is 28.2 Å². The number of halogens is 1. The molecule has 1 atom stereocenters. The number of piperidine rings is 1. The van der Waals surface area contributed by atoms with E-state index in [1.54, 1.807) is 0 Å². The van der Waals surface area contributed by atoms with Crippen LogP contribution < -0.4 is 4.90 Å². The molecule has 2 aliphatic rings. The molecular weight excluding hydrogens is 294 g/mol. The van der Waals surface area contributed by atoms with Gasteiger partial charge in [-0.3, -0.25) is 4.98 Å². The molecule has 0 bridgehead atoms. The number of nitrogens with zero attached hydrogens (tertiary/aromatic N) is 3. The molecule has 3 nitrogen and oxygen atoms in total. The van der Waals surface area contributed by atoms with Crippen molar-refractivity contribution in [1.29, 1.82) is 0 Å². The molecule has 2 aromatic rings. The van der Waals surface area contributed by atoms with E-state index in [1.807, 2.05) is 18.3 Å². The van der Waals surface area contributed by atoms with Crippen LogP contribution in [0.15, 0.2) is 30.5 Å². The van der Waals surface area contributed by atoms with Gasteiger partial charge >= 0.3 is 0 Å². The molecule has 4 heteroatoms. The molecule has 1 spiro atoms. The minimum Gasteiger partial charge on any atom is -0.370 e. The van der Waals surface area contributed by atoms with Gasteiger partial charge in [0.2, 0.25) is 0 Å². The first kappa shape index (κ1) is 14.3. The number of anilines is 1. The second-order valence-corrected chi connectivity index (χ2v) is 7.44. The van der Waals surface area contributed by atoms with Crippen molar-refractivity contribution in [3.8, 4) is 0 Å². The molecule has 116 valence electrons. The average molecular weight is 316 g/mol. The molecule has 22 heavy (non-hydrogen) atoms. The number of pyridine rings is 1. The monoisotopic (exact) mass is 315 g/mol. The molecule has 0 saturated carbocycles. The van der Waals surface area contributed by atoms with Crippen molar-refractivity contribution in [2.75, 3.05) is 38.1 Å². The van der Waals surface area contributed by atoms with Gasteiger partial charge in [-0.15, -0.1) is 0 Å². The number of hydrogen-bond donors (Lipinski definition) is 0. The first-order valence-electron chi connectivity index (χ1n) is 8.13. The average Bonchev–Trinajstić information content (AvgIpc) is 2.89. The highest BCUT2D eigenvalue weighted by molar-refractivity contribution is 6.31. The summed E-state index contributed by atoms with van der Waals surface area (Å²) < 4.78 is 0. The molecule has 1 aromatic heterocycles. The number of aromatic nitrogens is 1. The van der Waals surface area contributed by atoms with Gasteiger partial charge in [0.25, 0.3) is 0 Å². The van der Waals surface area contributed by atoms with Crippen molar-refractivity contribution < 1.29 is 0 Å². The van der Waals surface area contributed by atoms with E-state index in [2.05, 4.69) is 34.0 Å². The Morgan fingerprint density at radius 3 is 2.91 bits per heavy atom. The van der Waals surface area contributed by atoms with Crippen molar-refractivity contribution in [1.82, 2.24) is 9.88 Å². The minimum absolute atomic E-state index is 0.481. The van der Waals surface area contributed by atoms with Gasteiger partial charge in [0.05, 0.1) is 5.52 Å². The van der Waals surface area contributed by atoms with Crippen LogP contribution in [-0.2, 0) is 0 Å². The molecule has 0 radical (unpaired) electrons. The van der Waals surface area contributed by atoms with E-state index >= 15 is 0 Å². The molecule has 2 saturated heterocycles. The van der Waals surface area contributed by atoms with Crippen molar-refractivity contribution in [2.24, 2.45) is 5.41 Å². The molecule has 0 amide bonds. The molecule has 0 aliphatic carbocycles. The van der Waals surface area contributed by atoms with Crippen LogP contribution in [0.5, 0.6) is 0 Å². The summed E-state index contributed by atoms with van der Waals surface area (Å²) in [5.74, 6) is 0. The van der Waals surface area contributed by atoms with Gasteiger partial charge in [0, 0.05) is 47.3 Å². The standard InChI is InChI=1S/C18H22ClN3/c1-21-9-2-6-18(12-21)7-10-22(13-18)17-5-8-20-16-11-14(19)3-4-15(16)17/h3-5,8,11H,2,6-7,9-10,12-13H2,1H3. The van der Waals surface area contributed by atoms with E-state index < -0.39 is 0 Å². The highest BCUT2D eigenvalue weighted by atomic mass is 35.5. The second-order valence-electron chi connectivity index (χ2n) is 7.00. The molecule has 0 N–H and O–H groups in total. The van der Waals surface area contributed by atoms with Crippen LogP contribution in [0.3, 0.4) is 0 Å². The van der Waals surface area contributed by atoms with E-state index in [0.29, 0.717) is 5.41 Å². The molecule has 3 heterocycles. The first-order valence-corrected chi connectivity index (χ1v) is 8.51. The Balaban J connectivity index is 1.66. The molecule has 2 fully saturated rings. The van der Waals surface area contributed by atoms with E-state index in [9.17, 15) is 0 Å². The number of likely N-dealkylation sites (tertiary alicyclic amines) is 1. The molecule has 1 aromatic carbocycles. The van der Waals surface area contributed by atoms with Gasteiger partial charge in [-0.05, 0) is 57.1 Å². The Labute approximate surface area is 136 Å². The van der Waals surface area contributed by atoms with Gasteiger partial charge < -0.3 is 9.80 Å². The fraction of sp³-hybridized carbons (Fsp3) is 0.500. The predicted molar refractivity (Wildman–Crippen MR) is 92.7 cm³/mol. The quantitative estimate of drug-likeness (QED) is 0.797. The van der Waals surface area contributed by atoms with E-state index in [1.165, 1.54) is 50.0 Å². The normalized spacial score (nSPS) is 26.2. The fourth-order valence-electron chi connectivity index (χ4n) is 4.31. The van der Waals surface area contributed by atoms with Crippen molar-refractivity contribution in [2.45, 2.75) is 19.3 Å². The van der Waals surface area contributed by atoms with Crippen molar-refractivity contribution in [3.63, 3.8) is 0 Å². The lowest BCUT2D eigenvalue weighted by Crippen LogP contribution is -2.42. The molecular formula is C18H22ClN3. The Kier molecular flexibility index (Phi) is 3.50. The van der Waals surface area contributed by atoms with Gasteiger partial charge in [-0.25, -0.2) is 0 Å². The Hall–Kier alpha value is -1.32. The molecule has 4 rings (SSSR count). The van der Waals surface area contributed by atoms with Gasteiger partial charge in [-0.2, -0.15) is 0 Å². The highest BCUT2D eigenvalue weighted by Gasteiger charge is 2.40. The third-order valence-corrected chi connectivity index (χ3v) is 5.55. The topological polar surface area (TPSA) is 19.4 Å². The SMILES string of the molecule is CN1CCCC2(CCN(c3ccnc4cc(Cl)ccc34)C2)C1. The third kappa shape index (κ3) is 2.46. The van der Waals surface area contributed by atoms with Crippen LogP contribution in [0.4, 0.5) is 5.69 Å². The first-order chi connectivity index (χ1) is 10.7. The lowest BCUT2D eigenvalue weighted by Gasteiger charge is -2.38. The Morgan fingerprint density at radius 2 is 2.05 bits per heavy atom. The van der Waals surface area contributed by atoms with Crippen LogP contribution in [0.25, 0.3) is 10.9 Å². The third-order valence-electron chi connectivity index (χ3n) is 5.31. The summed E-state index contributed by atoms with van der Waals surface area (Å²) in [5.41, 5.74) is 2.79. The zero-order valence-corrected chi connectivity index (χ0v) is 13.8. The predicted octanol–water partition coefficient (Wildman–Crippen LogP) is 3.81. The summed E-state index contributed by atoms with van der Waals surface area (Å²) in [6.07, 6.45) is 5.90. The van der Waals surface area contributed by atoms with Gasteiger partial charge in [0.1, 0.15) is 0 Å². The number of fused-ring (bicyclic) bond motifs is 1. The number of hydrogen-bond acceptors (Lipinski definition) is 3. The van der Waals surface area contributed by atoms with Crippen molar-refractivity contribution in [3.05, 3.63) is 35.5 Å². The maximum Gasteiger partial charge on any atom is 0.0737 e. The Morgan fingerprint density at radius 1 is 1.14 bits per heavy atom. The zero-order chi connectivity index (χ0) is 15.2. The lowest BCUT2D eigenvalue weighted by molar-refractivity contribution is 0.128. The second kappa shape index (κ2) is 5.39. The largest absolute Gasteiger partial charge is 0.370 e. The van der Waals surface area contributed by atoms with E-state index in [4.69, 9.17) is 11.6 Å². The summed E-state index contributed by atoms with van der Waals surface area (Å²) in [5, 5.41) is 1.97. The minimum atomic E-state index is 0.481. The zero-order valence-electron chi connectivity index (χ0n) is 13.1. The summed E-state index contributed by atoms with van der Waals surface area (Å²) in [6.45, 7) is 4.80. The fourth-order valence-corrected chi connectivity index (χ4v) is 4.48. The number of benzene rings is 1.